The zero-order valence-corrected chi connectivity index (χ0v) is 11.9. The maximum absolute atomic E-state index is 12.0. The van der Waals surface area contributed by atoms with Crippen LogP contribution >= 0.6 is 11.6 Å². The van der Waals surface area contributed by atoms with E-state index < -0.39 is 0 Å². The molecule has 3 rings (SSSR count). The van der Waals surface area contributed by atoms with Crippen molar-refractivity contribution in [1.29, 1.82) is 0 Å². The lowest BCUT2D eigenvalue weighted by molar-refractivity contribution is 0.0954. The summed E-state index contributed by atoms with van der Waals surface area (Å²) in [5, 5.41) is 11.6. The van der Waals surface area contributed by atoms with Crippen LogP contribution in [-0.4, -0.2) is 27.0 Å². The summed E-state index contributed by atoms with van der Waals surface area (Å²) in [7, 11) is 0. The molecule has 5 nitrogen and oxygen atoms in total. The highest BCUT2D eigenvalue weighted by Gasteiger charge is 2.07. The van der Waals surface area contributed by atoms with Gasteiger partial charge in [-0.05, 0) is 30.3 Å². The molecule has 0 atom stereocenters. The fraction of sp³-hybridized carbons (Fsp3) is 0.133. The molecule has 0 aliphatic heterocycles. The Bertz CT molecular complexity index is 784. The van der Waals surface area contributed by atoms with Gasteiger partial charge in [-0.25, -0.2) is 0 Å². The summed E-state index contributed by atoms with van der Waals surface area (Å²) in [6.45, 7) is 0.487. The van der Waals surface area contributed by atoms with Crippen LogP contribution in [0, 0.1) is 0 Å². The Morgan fingerprint density at radius 3 is 2.95 bits per heavy atom. The lowest BCUT2D eigenvalue weighted by Gasteiger charge is -2.05. The van der Waals surface area contributed by atoms with E-state index in [1.807, 2.05) is 28.8 Å². The Labute approximate surface area is 126 Å². The van der Waals surface area contributed by atoms with Gasteiger partial charge in [-0.3, -0.25) is 9.20 Å². The molecule has 0 saturated heterocycles. The standard InChI is InChI=1S/C15H13ClN4O/c16-12-5-3-4-11(10-12)15(21)17-8-7-14-19-18-13-6-1-2-9-20(13)14/h1-6,9-10H,7-8H2,(H,17,21). The number of nitrogens with zero attached hydrogens (tertiary/aromatic N) is 3. The maximum Gasteiger partial charge on any atom is 0.251 e. The van der Waals surface area contributed by atoms with E-state index in [4.69, 9.17) is 11.6 Å². The number of carbonyl (C=O) groups excluding carboxylic acids is 1. The van der Waals surface area contributed by atoms with Gasteiger partial charge < -0.3 is 5.32 Å². The Balaban J connectivity index is 1.62. The molecule has 0 radical (unpaired) electrons. The van der Waals surface area contributed by atoms with Crippen molar-refractivity contribution in [2.45, 2.75) is 6.42 Å². The van der Waals surface area contributed by atoms with Crippen molar-refractivity contribution in [3.05, 3.63) is 65.1 Å². The van der Waals surface area contributed by atoms with Gasteiger partial charge in [-0.15, -0.1) is 10.2 Å². The molecule has 0 aliphatic carbocycles. The van der Waals surface area contributed by atoms with E-state index in [9.17, 15) is 4.79 Å². The summed E-state index contributed by atoms with van der Waals surface area (Å²) in [6, 6.07) is 12.6. The van der Waals surface area contributed by atoms with E-state index in [1.165, 1.54) is 0 Å². The average molecular weight is 301 g/mol. The first-order valence-corrected chi connectivity index (χ1v) is 6.94. The van der Waals surface area contributed by atoms with Crippen LogP contribution in [0.2, 0.25) is 5.02 Å². The van der Waals surface area contributed by atoms with E-state index >= 15 is 0 Å². The Kier molecular flexibility index (Phi) is 3.83. The van der Waals surface area contributed by atoms with Crippen LogP contribution in [0.5, 0.6) is 0 Å². The maximum atomic E-state index is 12.0. The molecule has 0 spiro atoms. The van der Waals surface area contributed by atoms with Gasteiger partial charge in [0.1, 0.15) is 5.82 Å². The normalized spacial score (nSPS) is 10.7. The van der Waals surface area contributed by atoms with E-state index in [0.717, 1.165) is 11.5 Å². The van der Waals surface area contributed by atoms with Crippen molar-refractivity contribution in [3.63, 3.8) is 0 Å². The number of amides is 1. The van der Waals surface area contributed by atoms with Crippen LogP contribution in [0.1, 0.15) is 16.2 Å². The van der Waals surface area contributed by atoms with Crippen LogP contribution in [0.15, 0.2) is 48.7 Å². The third-order valence-corrected chi connectivity index (χ3v) is 3.34. The number of hydrogen-bond acceptors (Lipinski definition) is 3. The smallest absolute Gasteiger partial charge is 0.251 e. The molecule has 0 bridgehead atoms. The van der Waals surface area contributed by atoms with Crippen molar-refractivity contribution in [1.82, 2.24) is 19.9 Å². The highest BCUT2D eigenvalue weighted by molar-refractivity contribution is 6.30. The minimum absolute atomic E-state index is 0.147. The van der Waals surface area contributed by atoms with Gasteiger partial charge in [0, 0.05) is 29.7 Å². The van der Waals surface area contributed by atoms with Crippen molar-refractivity contribution in [3.8, 4) is 0 Å². The van der Waals surface area contributed by atoms with E-state index in [1.54, 1.807) is 24.3 Å². The number of carbonyl (C=O) groups is 1. The van der Waals surface area contributed by atoms with Gasteiger partial charge in [-0.2, -0.15) is 0 Å². The quantitative estimate of drug-likeness (QED) is 0.804. The monoisotopic (exact) mass is 300 g/mol. The largest absolute Gasteiger partial charge is 0.352 e. The predicted octanol–water partition coefficient (Wildman–Crippen LogP) is 2.36. The van der Waals surface area contributed by atoms with Crippen molar-refractivity contribution >= 4 is 23.2 Å². The molecule has 3 aromatic rings. The Morgan fingerprint density at radius 2 is 2.10 bits per heavy atom. The minimum Gasteiger partial charge on any atom is -0.352 e. The first-order valence-electron chi connectivity index (χ1n) is 6.56. The molecule has 6 heteroatoms. The Hall–Kier alpha value is -2.40. The second kappa shape index (κ2) is 5.93. The zero-order valence-electron chi connectivity index (χ0n) is 11.2. The number of rotatable bonds is 4. The second-order valence-electron chi connectivity index (χ2n) is 4.56. The summed E-state index contributed by atoms with van der Waals surface area (Å²) >= 11 is 5.87. The molecule has 1 aromatic carbocycles. The fourth-order valence-electron chi connectivity index (χ4n) is 2.08. The lowest BCUT2D eigenvalue weighted by atomic mass is 10.2. The number of aromatic nitrogens is 3. The fourth-order valence-corrected chi connectivity index (χ4v) is 2.27. The molecule has 0 fully saturated rings. The number of nitrogens with one attached hydrogen (secondary N) is 1. The summed E-state index contributed by atoms with van der Waals surface area (Å²) < 4.78 is 1.91. The summed E-state index contributed by atoms with van der Waals surface area (Å²) in [6.07, 6.45) is 2.51. The van der Waals surface area contributed by atoms with Crippen molar-refractivity contribution in [2.24, 2.45) is 0 Å². The summed E-state index contributed by atoms with van der Waals surface area (Å²) in [5.74, 6) is 0.670. The van der Waals surface area contributed by atoms with E-state index in [0.29, 0.717) is 23.6 Å². The third-order valence-electron chi connectivity index (χ3n) is 3.11. The van der Waals surface area contributed by atoms with Crippen LogP contribution in [-0.2, 0) is 6.42 Å². The summed E-state index contributed by atoms with van der Waals surface area (Å²) in [4.78, 5) is 12.0. The number of hydrogen-bond donors (Lipinski definition) is 1. The van der Waals surface area contributed by atoms with Gasteiger partial charge in [0.15, 0.2) is 5.65 Å². The first kappa shape index (κ1) is 13.6. The van der Waals surface area contributed by atoms with Crippen LogP contribution in [0.3, 0.4) is 0 Å². The topological polar surface area (TPSA) is 59.3 Å². The minimum atomic E-state index is -0.147. The number of halogens is 1. The molecular weight excluding hydrogens is 288 g/mol. The van der Waals surface area contributed by atoms with Crippen LogP contribution < -0.4 is 5.32 Å². The Morgan fingerprint density at radius 1 is 1.19 bits per heavy atom. The second-order valence-corrected chi connectivity index (χ2v) is 5.00. The SMILES string of the molecule is O=C(NCCc1nnc2ccccn12)c1cccc(Cl)c1. The molecule has 0 unspecified atom stereocenters. The molecule has 1 amide bonds. The zero-order chi connectivity index (χ0) is 14.7. The van der Waals surface area contributed by atoms with Crippen molar-refractivity contribution in [2.75, 3.05) is 6.54 Å². The third kappa shape index (κ3) is 3.03. The van der Waals surface area contributed by atoms with Crippen molar-refractivity contribution < 1.29 is 4.79 Å². The molecule has 106 valence electrons. The average Bonchev–Trinajstić information content (AvgIpc) is 2.91. The lowest BCUT2D eigenvalue weighted by Crippen LogP contribution is -2.26. The highest BCUT2D eigenvalue weighted by atomic mass is 35.5. The van der Waals surface area contributed by atoms with Gasteiger partial charge >= 0.3 is 0 Å². The number of pyridine rings is 1. The molecular formula is C15H13ClN4O. The highest BCUT2D eigenvalue weighted by Crippen LogP contribution is 2.10. The van der Waals surface area contributed by atoms with Gasteiger partial charge in [-0.1, -0.05) is 23.7 Å². The van der Waals surface area contributed by atoms with Gasteiger partial charge in [0.05, 0.1) is 0 Å². The van der Waals surface area contributed by atoms with E-state index in [2.05, 4.69) is 15.5 Å². The summed E-state index contributed by atoms with van der Waals surface area (Å²) in [5.41, 5.74) is 1.35. The van der Waals surface area contributed by atoms with Gasteiger partial charge in [0.25, 0.3) is 5.91 Å². The van der Waals surface area contributed by atoms with Crippen LogP contribution in [0.25, 0.3) is 5.65 Å². The molecule has 0 saturated carbocycles. The molecule has 0 aliphatic rings. The molecule has 1 N–H and O–H groups in total. The molecule has 21 heavy (non-hydrogen) atoms. The number of benzene rings is 1. The van der Waals surface area contributed by atoms with Gasteiger partial charge in [0.2, 0.25) is 0 Å². The first-order chi connectivity index (χ1) is 10.2. The molecule has 2 aromatic heterocycles. The van der Waals surface area contributed by atoms with Crippen LogP contribution in [0.4, 0.5) is 0 Å². The van der Waals surface area contributed by atoms with E-state index in [-0.39, 0.29) is 5.91 Å². The number of fused-ring (bicyclic) bond motifs is 1. The predicted molar refractivity (Wildman–Crippen MR) is 80.5 cm³/mol. The molecule has 2 heterocycles.